The Morgan fingerprint density at radius 3 is 2.21 bits per heavy atom. The zero-order valence-corrected chi connectivity index (χ0v) is 19.6. The first-order valence-electron chi connectivity index (χ1n) is 10.8. The van der Waals surface area contributed by atoms with E-state index in [1.165, 1.54) is 12.1 Å². The number of nitro benzene ring substituents is 1. The zero-order chi connectivity index (χ0) is 26.0. The molecule has 1 aromatic rings. The average molecular weight is 478 g/mol. The van der Waals surface area contributed by atoms with Crippen LogP contribution in [0.15, 0.2) is 23.3 Å². The van der Waals surface area contributed by atoms with Gasteiger partial charge in [0, 0.05) is 28.6 Å². The van der Waals surface area contributed by atoms with Crippen LogP contribution in [0, 0.1) is 22.0 Å². The summed E-state index contributed by atoms with van der Waals surface area (Å²) in [6.07, 6.45) is 0.248. The average Bonchev–Trinajstić information content (AvgIpc) is 2.72. The summed E-state index contributed by atoms with van der Waals surface area (Å²) in [5.74, 6) is -2.51. The molecule has 13 nitrogen and oxygen atoms in total. The smallest absolute Gasteiger partial charge is 0.326 e. The number of nitro groups is 1. The molecule has 0 saturated heterocycles. The third-order valence-electron chi connectivity index (χ3n) is 4.87. The van der Waals surface area contributed by atoms with Gasteiger partial charge in [0.05, 0.1) is 11.0 Å². The highest BCUT2D eigenvalue weighted by atomic mass is 16.6. The fourth-order valence-corrected chi connectivity index (χ4v) is 3.30. The van der Waals surface area contributed by atoms with Crippen LogP contribution in [-0.4, -0.2) is 45.9 Å². The molecule has 3 unspecified atom stereocenters. The van der Waals surface area contributed by atoms with Gasteiger partial charge in [0.15, 0.2) is 0 Å². The second-order valence-electron chi connectivity index (χ2n) is 8.79. The number of hydrogen-bond acceptors (Lipinski definition) is 7. The summed E-state index contributed by atoms with van der Waals surface area (Å²) in [6, 6.07) is 0.231. The zero-order valence-electron chi connectivity index (χ0n) is 19.6. The van der Waals surface area contributed by atoms with Crippen molar-refractivity contribution in [2.45, 2.75) is 65.1 Å². The lowest BCUT2D eigenvalue weighted by Crippen LogP contribution is -2.55. The van der Waals surface area contributed by atoms with Crippen molar-refractivity contribution in [2.75, 3.05) is 0 Å². The molecule has 0 spiro atoms. The number of nitrogens with two attached hydrogens (primary N) is 1. The standard InChI is InChI=1S/C21H31N7O6/c1-11(2)7-15(22)19(29)24-16(8-12(3)4)20(30)25-17(21(31)32)9-13-5-6-14(26-27-23)10-18(13)28(33)34/h5-6,10-12,15-17H,7-9,22H2,1-4H3,(H,24,29)(H,25,30)(H,31,32). The quantitative estimate of drug-likeness (QED) is 0.109. The third kappa shape index (κ3) is 9.04. The molecule has 0 bridgehead atoms. The summed E-state index contributed by atoms with van der Waals surface area (Å²) in [5.41, 5.74) is 14.0. The van der Waals surface area contributed by atoms with Crippen molar-refractivity contribution < 1.29 is 24.4 Å². The fraction of sp³-hybridized carbons (Fsp3) is 0.571. The molecule has 0 radical (unpaired) electrons. The van der Waals surface area contributed by atoms with E-state index in [9.17, 15) is 29.6 Å². The van der Waals surface area contributed by atoms with E-state index in [0.29, 0.717) is 6.42 Å². The Morgan fingerprint density at radius 1 is 1.12 bits per heavy atom. The highest BCUT2D eigenvalue weighted by Gasteiger charge is 2.30. The normalized spacial score (nSPS) is 13.5. The number of carboxylic acids is 1. The van der Waals surface area contributed by atoms with E-state index in [2.05, 4.69) is 20.7 Å². The van der Waals surface area contributed by atoms with Crippen LogP contribution in [0.1, 0.15) is 46.1 Å². The van der Waals surface area contributed by atoms with Crippen LogP contribution >= 0.6 is 0 Å². The lowest BCUT2D eigenvalue weighted by Gasteiger charge is -2.24. The van der Waals surface area contributed by atoms with E-state index < -0.39 is 52.9 Å². The summed E-state index contributed by atoms with van der Waals surface area (Å²) in [4.78, 5) is 50.4. The van der Waals surface area contributed by atoms with Gasteiger partial charge in [-0.05, 0) is 30.2 Å². The minimum Gasteiger partial charge on any atom is -0.480 e. The summed E-state index contributed by atoms with van der Waals surface area (Å²) >= 11 is 0. The summed E-state index contributed by atoms with van der Waals surface area (Å²) in [5, 5.41) is 29.3. The van der Waals surface area contributed by atoms with E-state index in [1.807, 2.05) is 27.7 Å². The monoisotopic (exact) mass is 477 g/mol. The largest absolute Gasteiger partial charge is 0.480 e. The Morgan fingerprint density at radius 2 is 1.71 bits per heavy atom. The van der Waals surface area contributed by atoms with Crippen LogP contribution < -0.4 is 16.4 Å². The van der Waals surface area contributed by atoms with Crippen molar-refractivity contribution in [3.05, 3.63) is 44.3 Å². The Bertz CT molecular complexity index is 959. The number of hydrogen-bond donors (Lipinski definition) is 4. The topological polar surface area (TPSA) is 213 Å². The van der Waals surface area contributed by atoms with Gasteiger partial charge in [0.2, 0.25) is 11.8 Å². The minimum atomic E-state index is -1.51. The lowest BCUT2D eigenvalue weighted by molar-refractivity contribution is -0.385. The molecule has 0 heterocycles. The predicted octanol–water partition coefficient (Wildman–Crippen LogP) is 2.55. The molecule has 1 rings (SSSR count). The Hall–Kier alpha value is -3.70. The van der Waals surface area contributed by atoms with Gasteiger partial charge in [-0.1, -0.05) is 44.9 Å². The summed E-state index contributed by atoms with van der Waals surface area (Å²) in [6.45, 7) is 7.48. The van der Waals surface area contributed by atoms with Crippen molar-refractivity contribution in [3.8, 4) is 0 Å². The van der Waals surface area contributed by atoms with Crippen LogP contribution in [0.5, 0.6) is 0 Å². The fourth-order valence-electron chi connectivity index (χ4n) is 3.30. The molecule has 0 aliphatic rings. The number of aliphatic carboxylic acids is 1. The summed E-state index contributed by atoms with van der Waals surface area (Å²) < 4.78 is 0. The Balaban J connectivity index is 3.10. The summed E-state index contributed by atoms with van der Waals surface area (Å²) in [7, 11) is 0. The van der Waals surface area contributed by atoms with Crippen molar-refractivity contribution in [2.24, 2.45) is 22.7 Å². The SMILES string of the molecule is CC(C)CC(N)C(=O)NC(CC(C)C)C(=O)NC(Cc1ccc(N=[N+]=[N-])cc1[N+](=O)[O-])C(=O)O. The molecule has 0 aromatic heterocycles. The van der Waals surface area contributed by atoms with Crippen LogP contribution in [0.4, 0.5) is 11.4 Å². The first kappa shape index (κ1) is 28.3. The predicted molar refractivity (Wildman–Crippen MR) is 124 cm³/mol. The highest BCUT2D eigenvalue weighted by Crippen LogP contribution is 2.26. The number of rotatable bonds is 13. The van der Waals surface area contributed by atoms with Gasteiger partial charge in [-0.2, -0.15) is 0 Å². The van der Waals surface area contributed by atoms with Gasteiger partial charge in [-0.15, -0.1) is 0 Å². The molecular formula is C21H31N7O6. The molecule has 0 saturated carbocycles. The molecule has 0 fully saturated rings. The number of azide groups is 1. The molecule has 5 N–H and O–H groups in total. The van der Waals surface area contributed by atoms with Gasteiger partial charge >= 0.3 is 5.97 Å². The van der Waals surface area contributed by atoms with E-state index in [1.54, 1.807) is 0 Å². The number of nitrogens with zero attached hydrogens (tertiary/aromatic N) is 4. The number of carboxylic acid groups (broad SMARTS) is 1. The first-order chi connectivity index (χ1) is 15.8. The van der Waals surface area contributed by atoms with Crippen LogP contribution in [0.2, 0.25) is 0 Å². The van der Waals surface area contributed by atoms with Crippen molar-refractivity contribution in [3.63, 3.8) is 0 Å². The van der Waals surface area contributed by atoms with Crippen molar-refractivity contribution in [1.82, 2.24) is 10.6 Å². The van der Waals surface area contributed by atoms with E-state index in [4.69, 9.17) is 11.3 Å². The molecule has 0 aliphatic carbocycles. The number of carbonyl (C=O) groups is 3. The van der Waals surface area contributed by atoms with Gasteiger partial charge in [-0.25, -0.2) is 4.79 Å². The number of benzene rings is 1. The Kier molecular flexibility index (Phi) is 10.9. The van der Waals surface area contributed by atoms with Gasteiger partial charge < -0.3 is 21.5 Å². The molecule has 13 heteroatoms. The maximum absolute atomic E-state index is 12.9. The maximum Gasteiger partial charge on any atom is 0.326 e. The maximum atomic E-state index is 12.9. The van der Waals surface area contributed by atoms with E-state index >= 15 is 0 Å². The number of nitrogens with one attached hydrogen (secondary N) is 2. The molecule has 2 amide bonds. The third-order valence-corrected chi connectivity index (χ3v) is 4.87. The van der Waals surface area contributed by atoms with Crippen molar-refractivity contribution in [1.29, 1.82) is 0 Å². The van der Waals surface area contributed by atoms with E-state index in [0.717, 1.165) is 6.07 Å². The molecule has 3 atom stereocenters. The molecule has 1 aromatic carbocycles. The minimum absolute atomic E-state index is 0.00466. The number of amides is 2. The first-order valence-corrected chi connectivity index (χ1v) is 10.8. The van der Waals surface area contributed by atoms with Crippen LogP contribution in [-0.2, 0) is 20.8 Å². The van der Waals surface area contributed by atoms with Gasteiger partial charge in [0.25, 0.3) is 5.69 Å². The molecule has 186 valence electrons. The van der Waals surface area contributed by atoms with Crippen molar-refractivity contribution >= 4 is 29.2 Å². The molecule has 0 aliphatic heterocycles. The Labute approximate surface area is 196 Å². The molecular weight excluding hydrogens is 446 g/mol. The highest BCUT2D eigenvalue weighted by molar-refractivity contribution is 5.91. The van der Waals surface area contributed by atoms with Gasteiger partial charge in [0.1, 0.15) is 12.1 Å². The number of carbonyl (C=O) groups excluding carboxylic acids is 2. The van der Waals surface area contributed by atoms with Crippen LogP contribution in [0.25, 0.3) is 10.4 Å². The second kappa shape index (κ2) is 13.1. The molecule has 34 heavy (non-hydrogen) atoms. The van der Waals surface area contributed by atoms with Gasteiger partial charge in [-0.3, -0.25) is 19.7 Å². The lowest BCUT2D eigenvalue weighted by atomic mass is 9.99. The van der Waals surface area contributed by atoms with Crippen LogP contribution in [0.3, 0.4) is 0 Å². The second-order valence-corrected chi connectivity index (χ2v) is 8.79. The van der Waals surface area contributed by atoms with E-state index in [-0.39, 0.29) is 29.5 Å².